The number of aromatic nitrogens is 1. The first kappa shape index (κ1) is 15.2. The molecule has 2 rings (SSSR count). The lowest BCUT2D eigenvalue weighted by molar-refractivity contribution is -0.131. The summed E-state index contributed by atoms with van der Waals surface area (Å²) in [6, 6.07) is 0.719. The first-order valence-electron chi connectivity index (χ1n) is 6.82. The highest BCUT2D eigenvalue weighted by Crippen LogP contribution is 2.19. The van der Waals surface area contributed by atoms with Gasteiger partial charge in [-0.1, -0.05) is 0 Å². The quantitative estimate of drug-likeness (QED) is 0.828. The molecule has 0 radical (unpaired) electrons. The van der Waals surface area contributed by atoms with Gasteiger partial charge in [0, 0.05) is 18.8 Å². The molecule has 114 valence electrons. The van der Waals surface area contributed by atoms with E-state index in [2.05, 4.69) is 10.3 Å². The Balaban J connectivity index is 2.20. The Kier molecular flexibility index (Phi) is 4.74. The largest absolute Gasteiger partial charge is 0.505 e. The van der Waals surface area contributed by atoms with E-state index >= 15 is 0 Å². The van der Waals surface area contributed by atoms with Gasteiger partial charge in [-0.05, 0) is 19.9 Å². The van der Waals surface area contributed by atoms with E-state index in [0.717, 1.165) is 0 Å². The Morgan fingerprint density at radius 2 is 2.29 bits per heavy atom. The molecular weight excluding hydrogens is 274 g/mol. The van der Waals surface area contributed by atoms with Crippen LogP contribution in [0.4, 0.5) is 0 Å². The van der Waals surface area contributed by atoms with Gasteiger partial charge >= 0.3 is 0 Å². The van der Waals surface area contributed by atoms with Gasteiger partial charge in [0.25, 0.3) is 5.91 Å². The molecule has 0 spiro atoms. The number of ether oxygens (including phenoxy) is 1. The van der Waals surface area contributed by atoms with Gasteiger partial charge in [0.1, 0.15) is 11.8 Å². The van der Waals surface area contributed by atoms with Gasteiger partial charge in [-0.3, -0.25) is 14.6 Å². The second-order valence-corrected chi connectivity index (χ2v) is 5.15. The van der Waals surface area contributed by atoms with Crippen LogP contribution in [0.15, 0.2) is 18.5 Å². The standard InChI is InChI=1S/C14H19N3O4/c1-9(2)16-13(19)11-8-21-6-5-17(11)14(20)10-3-4-15-7-12(10)18/h3-4,7,9,11,18H,5-6,8H2,1-2H3,(H,16,19). The summed E-state index contributed by atoms with van der Waals surface area (Å²) in [6.07, 6.45) is 2.63. The number of rotatable bonds is 3. The fourth-order valence-corrected chi connectivity index (χ4v) is 2.17. The van der Waals surface area contributed by atoms with Crippen LogP contribution >= 0.6 is 0 Å². The number of nitrogens with one attached hydrogen (secondary N) is 1. The monoisotopic (exact) mass is 293 g/mol. The summed E-state index contributed by atoms with van der Waals surface area (Å²) in [5.41, 5.74) is 0.134. The highest BCUT2D eigenvalue weighted by molar-refractivity contribution is 5.99. The average molecular weight is 293 g/mol. The van der Waals surface area contributed by atoms with Gasteiger partial charge in [0.2, 0.25) is 5.91 Å². The highest BCUT2D eigenvalue weighted by Gasteiger charge is 2.34. The predicted octanol–water partition coefficient (Wildman–Crippen LogP) is 0.153. The number of pyridine rings is 1. The third-order valence-electron chi connectivity index (χ3n) is 3.15. The Morgan fingerprint density at radius 3 is 2.95 bits per heavy atom. The summed E-state index contributed by atoms with van der Waals surface area (Å²) in [5, 5.41) is 12.5. The molecule has 2 heterocycles. The van der Waals surface area contributed by atoms with Crippen molar-refractivity contribution in [2.75, 3.05) is 19.8 Å². The van der Waals surface area contributed by atoms with Crippen LogP contribution in [-0.2, 0) is 9.53 Å². The molecule has 1 aliphatic rings. The Labute approximate surface area is 122 Å². The van der Waals surface area contributed by atoms with Gasteiger partial charge in [-0.25, -0.2) is 0 Å². The van der Waals surface area contributed by atoms with E-state index in [0.29, 0.717) is 13.2 Å². The maximum absolute atomic E-state index is 12.5. The van der Waals surface area contributed by atoms with Crippen molar-refractivity contribution < 1.29 is 19.4 Å². The molecule has 1 aromatic rings. The molecule has 1 atom stereocenters. The molecule has 0 bridgehead atoms. The van der Waals surface area contributed by atoms with Gasteiger partial charge in [-0.15, -0.1) is 0 Å². The fourth-order valence-electron chi connectivity index (χ4n) is 2.17. The van der Waals surface area contributed by atoms with Crippen molar-refractivity contribution in [3.05, 3.63) is 24.0 Å². The normalized spacial score (nSPS) is 18.6. The molecule has 1 aromatic heterocycles. The first-order chi connectivity index (χ1) is 10.0. The summed E-state index contributed by atoms with van der Waals surface area (Å²) in [6.45, 7) is 4.51. The van der Waals surface area contributed by atoms with Crippen molar-refractivity contribution in [2.45, 2.75) is 25.9 Å². The highest BCUT2D eigenvalue weighted by atomic mass is 16.5. The number of aromatic hydroxyl groups is 1. The maximum atomic E-state index is 12.5. The van der Waals surface area contributed by atoms with Gasteiger partial charge in [0.15, 0.2) is 0 Å². The molecule has 2 N–H and O–H groups in total. The van der Waals surface area contributed by atoms with Crippen LogP contribution in [0.1, 0.15) is 24.2 Å². The van der Waals surface area contributed by atoms with Crippen molar-refractivity contribution >= 4 is 11.8 Å². The van der Waals surface area contributed by atoms with Gasteiger partial charge in [0.05, 0.1) is 25.0 Å². The molecule has 0 aromatic carbocycles. The second-order valence-electron chi connectivity index (χ2n) is 5.15. The van der Waals surface area contributed by atoms with E-state index in [-0.39, 0.29) is 29.9 Å². The Morgan fingerprint density at radius 1 is 1.52 bits per heavy atom. The molecule has 1 fully saturated rings. The zero-order valence-corrected chi connectivity index (χ0v) is 12.1. The molecule has 7 nitrogen and oxygen atoms in total. The lowest BCUT2D eigenvalue weighted by atomic mass is 10.1. The van der Waals surface area contributed by atoms with E-state index in [1.54, 1.807) is 0 Å². The number of amides is 2. The van der Waals surface area contributed by atoms with Crippen LogP contribution in [0.25, 0.3) is 0 Å². The minimum Gasteiger partial charge on any atom is -0.505 e. The molecule has 2 amide bonds. The van der Waals surface area contributed by atoms with Crippen LogP contribution in [0.5, 0.6) is 5.75 Å². The molecule has 7 heteroatoms. The predicted molar refractivity (Wildman–Crippen MR) is 74.8 cm³/mol. The molecular formula is C14H19N3O4. The number of nitrogens with zero attached hydrogens (tertiary/aromatic N) is 2. The average Bonchev–Trinajstić information content (AvgIpc) is 2.46. The molecule has 0 aliphatic carbocycles. The number of carbonyl (C=O) groups excluding carboxylic acids is 2. The molecule has 1 aliphatic heterocycles. The summed E-state index contributed by atoms with van der Waals surface area (Å²) in [4.78, 5) is 29.9. The van der Waals surface area contributed by atoms with Crippen molar-refractivity contribution in [3.8, 4) is 5.75 Å². The first-order valence-corrected chi connectivity index (χ1v) is 6.82. The van der Waals surface area contributed by atoms with Crippen LogP contribution in [0.2, 0.25) is 0 Å². The number of hydrogen-bond donors (Lipinski definition) is 2. The van der Waals surface area contributed by atoms with Crippen molar-refractivity contribution in [1.29, 1.82) is 0 Å². The van der Waals surface area contributed by atoms with Crippen LogP contribution in [0, 0.1) is 0 Å². The van der Waals surface area contributed by atoms with E-state index < -0.39 is 11.9 Å². The summed E-state index contributed by atoms with van der Waals surface area (Å²) in [5.74, 6) is -0.856. The third kappa shape index (κ3) is 3.49. The SMILES string of the molecule is CC(C)NC(=O)C1COCCN1C(=O)c1ccncc1O. The summed E-state index contributed by atoms with van der Waals surface area (Å²) >= 11 is 0. The number of morpholine rings is 1. The van der Waals surface area contributed by atoms with E-state index in [1.165, 1.54) is 23.4 Å². The van der Waals surface area contributed by atoms with Crippen LogP contribution in [0.3, 0.4) is 0 Å². The van der Waals surface area contributed by atoms with E-state index in [4.69, 9.17) is 4.74 Å². The van der Waals surface area contributed by atoms with Gasteiger partial charge in [-0.2, -0.15) is 0 Å². The maximum Gasteiger partial charge on any atom is 0.258 e. The summed E-state index contributed by atoms with van der Waals surface area (Å²) < 4.78 is 5.30. The van der Waals surface area contributed by atoms with Crippen LogP contribution < -0.4 is 5.32 Å². The number of hydrogen-bond acceptors (Lipinski definition) is 5. The van der Waals surface area contributed by atoms with E-state index in [1.807, 2.05) is 13.8 Å². The third-order valence-corrected chi connectivity index (χ3v) is 3.15. The molecule has 1 unspecified atom stereocenters. The molecule has 21 heavy (non-hydrogen) atoms. The van der Waals surface area contributed by atoms with Crippen molar-refractivity contribution in [3.63, 3.8) is 0 Å². The minimum absolute atomic E-state index is 0.0225. The van der Waals surface area contributed by atoms with Crippen LogP contribution in [-0.4, -0.2) is 58.6 Å². The van der Waals surface area contributed by atoms with E-state index in [9.17, 15) is 14.7 Å². The zero-order chi connectivity index (χ0) is 15.4. The number of carbonyl (C=O) groups is 2. The second kappa shape index (κ2) is 6.53. The minimum atomic E-state index is -0.693. The fraction of sp³-hybridized carbons (Fsp3) is 0.500. The van der Waals surface area contributed by atoms with Gasteiger partial charge < -0.3 is 20.1 Å². The lowest BCUT2D eigenvalue weighted by Gasteiger charge is -2.35. The summed E-state index contributed by atoms with van der Waals surface area (Å²) in [7, 11) is 0. The topological polar surface area (TPSA) is 91.8 Å². The molecule has 0 saturated carbocycles. The smallest absolute Gasteiger partial charge is 0.258 e. The molecule has 1 saturated heterocycles. The Hall–Kier alpha value is -2.15. The zero-order valence-electron chi connectivity index (χ0n) is 12.1. The lowest BCUT2D eigenvalue weighted by Crippen LogP contribution is -2.56. The van der Waals surface area contributed by atoms with Crippen molar-refractivity contribution in [2.24, 2.45) is 0 Å². The Bertz CT molecular complexity index is 533. The van der Waals surface area contributed by atoms with Crippen molar-refractivity contribution in [1.82, 2.24) is 15.2 Å².